The zero-order chi connectivity index (χ0) is 18.9. The summed E-state index contributed by atoms with van der Waals surface area (Å²) < 4.78 is 12.2. The topological polar surface area (TPSA) is 55.8 Å². The third kappa shape index (κ3) is 6.18. The van der Waals surface area contributed by atoms with E-state index in [9.17, 15) is 4.79 Å². The monoisotopic (exact) mass is 372 g/mol. The van der Waals surface area contributed by atoms with E-state index in [1.807, 2.05) is 0 Å². The minimum absolute atomic E-state index is 0.251. The van der Waals surface area contributed by atoms with E-state index in [1.54, 1.807) is 0 Å². The Hall–Kier alpha value is -1.65. The maximum absolute atomic E-state index is 10.5. The van der Waals surface area contributed by atoms with E-state index in [1.165, 1.54) is 18.4 Å². The Morgan fingerprint density at radius 3 is 2.67 bits per heavy atom. The molecule has 4 nitrogen and oxygen atoms in total. The normalized spacial score (nSPS) is 26.8. The fourth-order valence-electron chi connectivity index (χ4n) is 4.41. The summed E-state index contributed by atoms with van der Waals surface area (Å²) in [7, 11) is 0. The van der Waals surface area contributed by atoms with Gasteiger partial charge in [-0.15, -0.1) is 0 Å². The van der Waals surface area contributed by atoms with Crippen molar-refractivity contribution in [3.05, 3.63) is 48.0 Å². The molecule has 0 amide bonds. The molecule has 4 atom stereocenters. The molecular formula is C23H32O4. The van der Waals surface area contributed by atoms with Gasteiger partial charge in [0.2, 0.25) is 0 Å². The van der Waals surface area contributed by atoms with Crippen molar-refractivity contribution in [2.75, 3.05) is 13.2 Å². The number of fused-ring (bicyclic) bond motifs is 2. The summed E-state index contributed by atoms with van der Waals surface area (Å²) in [5.74, 6) is 0.340. The summed E-state index contributed by atoms with van der Waals surface area (Å²) in [4.78, 5) is 10.5. The van der Waals surface area contributed by atoms with Gasteiger partial charge >= 0.3 is 5.97 Å². The van der Waals surface area contributed by atoms with Gasteiger partial charge in [-0.25, -0.2) is 0 Å². The van der Waals surface area contributed by atoms with Crippen LogP contribution in [0, 0.1) is 11.8 Å². The van der Waals surface area contributed by atoms with Crippen molar-refractivity contribution in [1.29, 1.82) is 0 Å². The van der Waals surface area contributed by atoms with Crippen molar-refractivity contribution in [2.24, 2.45) is 11.8 Å². The van der Waals surface area contributed by atoms with Crippen LogP contribution in [0.5, 0.6) is 0 Å². The fourth-order valence-corrected chi connectivity index (χ4v) is 4.41. The molecule has 0 spiro atoms. The number of benzene rings is 1. The number of hydrogen-bond acceptors (Lipinski definition) is 3. The number of ether oxygens (including phenoxy) is 2. The quantitative estimate of drug-likeness (QED) is 0.429. The first-order chi connectivity index (χ1) is 13.2. The third-order valence-electron chi connectivity index (χ3n) is 5.83. The molecule has 2 aliphatic rings. The minimum Gasteiger partial charge on any atom is -0.481 e. The Kier molecular flexibility index (Phi) is 7.91. The van der Waals surface area contributed by atoms with Crippen molar-refractivity contribution in [2.45, 2.75) is 63.6 Å². The van der Waals surface area contributed by atoms with E-state index >= 15 is 0 Å². The number of rotatable bonds is 12. The van der Waals surface area contributed by atoms with E-state index < -0.39 is 5.97 Å². The lowest BCUT2D eigenvalue weighted by Crippen LogP contribution is -2.30. The molecule has 148 valence electrons. The van der Waals surface area contributed by atoms with Gasteiger partial charge in [-0.2, -0.15) is 0 Å². The molecule has 4 heteroatoms. The van der Waals surface area contributed by atoms with Gasteiger partial charge in [-0.05, 0) is 56.4 Å². The highest BCUT2D eigenvalue weighted by Gasteiger charge is 2.48. The largest absolute Gasteiger partial charge is 0.481 e. The molecule has 4 unspecified atom stereocenters. The van der Waals surface area contributed by atoms with Crippen molar-refractivity contribution in [3.8, 4) is 0 Å². The van der Waals surface area contributed by atoms with Crippen molar-refractivity contribution >= 4 is 5.97 Å². The second-order valence-electron chi connectivity index (χ2n) is 7.78. The number of carboxylic acid groups (broad SMARTS) is 1. The van der Waals surface area contributed by atoms with Crippen molar-refractivity contribution in [1.82, 2.24) is 0 Å². The second kappa shape index (κ2) is 10.6. The van der Waals surface area contributed by atoms with Crippen LogP contribution in [0.25, 0.3) is 0 Å². The molecule has 0 aromatic heterocycles. The van der Waals surface area contributed by atoms with Crippen LogP contribution in [0.15, 0.2) is 42.5 Å². The predicted octanol–water partition coefficient (Wildman–Crippen LogP) is 4.63. The number of unbranched alkanes of at least 4 members (excludes halogenated alkanes) is 1. The Morgan fingerprint density at radius 2 is 1.89 bits per heavy atom. The van der Waals surface area contributed by atoms with Gasteiger partial charge in [-0.3, -0.25) is 4.79 Å². The number of aryl methyl sites for hydroxylation is 1. The number of hydrogen-bond donors (Lipinski definition) is 1. The first-order valence-corrected chi connectivity index (χ1v) is 10.4. The van der Waals surface area contributed by atoms with Crippen LogP contribution in [-0.2, 0) is 20.7 Å². The average Bonchev–Trinajstić information content (AvgIpc) is 3.27. The summed E-state index contributed by atoms with van der Waals surface area (Å²) >= 11 is 0. The zero-order valence-corrected chi connectivity index (χ0v) is 16.1. The Bertz CT molecular complexity index is 598. The van der Waals surface area contributed by atoms with Gasteiger partial charge in [0, 0.05) is 18.9 Å². The van der Waals surface area contributed by atoms with Gasteiger partial charge in [0.1, 0.15) is 0 Å². The Morgan fingerprint density at radius 1 is 1.11 bits per heavy atom. The van der Waals surface area contributed by atoms with Crippen molar-refractivity contribution < 1.29 is 19.4 Å². The number of allylic oxidation sites excluding steroid dienone is 2. The standard InChI is InChI=1S/C23H32O4/c24-23(25)13-7-2-1-6-12-19-20(22-15-14-21(19)27-22)17-26-16-8-11-18-9-4-3-5-10-18/h1,3-6,9-10,19-22H,2,7-8,11-17H2,(H,24,25)/b6-1-. The Labute approximate surface area is 162 Å². The van der Waals surface area contributed by atoms with Gasteiger partial charge in [0.15, 0.2) is 0 Å². The van der Waals surface area contributed by atoms with Crippen LogP contribution in [0.1, 0.15) is 50.5 Å². The maximum atomic E-state index is 10.5. The molecular weight excluding hydrogens is 340 g/mol. The van der Waals surface area contributed by atoms with Gasteiger partial charge in [-0.1, -0.05) is 42.5 Å². The number of carboxylic acids is 1. The second-order valence-corrected chi connectivity index (χ2v) is 7.78. The molecule has 0 aliphatic carbocycles. The number of aliphatic carboxylic acids is 1. The van der Waals surface area contributed by atoms with Crippen LogP contribution in [0.4, 0.5) is 0 Å². The van der Waals surface area contributed by atoms with E-state index in [0.29, 0.717) is 30.5 Å². The summed E-state index contributed by atoms with van der Waals surface area (Å²) in [6.45, 7) is 1.61. The smallest absolute Gasteiger partial charge is 0.303 e. The first kappa shape index (κ1) is 20.1. The minimum atomic E-state index is -0.714. The molecule has 2 bridgehead atoms. The summed E-state index contributed by atoms with van der Waals surface area (Å²) in [5.41, 5.74) is 1.37. The molecule has 1 aromatic rings. The zero-order valence-electron chi connectivity index (χ0n) is 16.1. The SMILES string of the molecule is O=C(O)CCC/C=C\CC1C2CCC(O2)C1COCCCc1ccccc1. The number of carbonyl (C=O) groups is 1. The molecule has 3 rings (SSSR count). The van der Waals surface area contributed by atoms with E-state index in [0.717, 1.165) is 38.9 Å². The summed E-state index contributed by atoms with van der Waals surface area (Å²) in [5, 5.41) is 8.68. The van der Waals surface area contributed by atoms with Gasteiger partial charge < -0.3 is 14.6 Å². The maximum Gasteiger partial charge on any atom is 0.303 e. The summed E-state index contributed by atoms with van der Waals surface area (Å²) in [6.07, 6.45) is 12.4. The fraction of sp³-hybridized carbons (Fsp3) is 0.609. The molecule has 2 saturated heterocycles. The highest BCUT2D eigenvalue weighted by atomic mass is 16.5. The molecule has 27 heavy (non-hydrogen) atoms. The summed E-state index contributed by atoms with van der Waals surface area (Å²) in [6, 6.07) is 10.6. The van der Waals surface area contributed by atoms with Crippen LogP contribution in [0.2, 0.25) is 0 Å². The van der Waals surface area contributed by atoms with E-state index in [-0.39, 0.29) is 6.42 Å². The molecule has 0 radical (unpaired) electrons. The highest BCUT2D eigenvalue weighted by Crippen LogP contribution is 2.45. The van der Waals surface area contributed by atoms with E-state index in [4.69, 9.17) is 14.6 Å². The van der Waals surface area contributed by atoms with Crippen LogP contribution in [0.3, 0.4) is 0 Å². The molecule has 2 heterocycles. The molecule has 1 N–H and O–H groups in total. The van der Waals surface area contributed by atoms with Crippen LogP contribution < -0.4 is 0 Å². The lowest BCUT2D eigenvalue weighted by atomic mass is 9.78. The first-order valence-electron chi connectivity index (χ1n) is 10.4. The molecule has 1 aromatic carbocycles. The highest BCUT2D eigenvalue weighted by molar-refractivity contribution is 5.66. The average molecular weight is 373 g/mol. The molecule has 0 saturated carbocycles. The lowest BCUT2D eigenvalue weighted by molar-refractivity contribution is -0.137. The van der Waals surface area contributed by atoms with E-state index in [2.05, 4.69) is 42.5 Å². The van der Waals surface area contributed by atoms with Gasteiger partial charge in [0.25, 0.3) is 0 Å². The van der Waals surface area contributed by atoms with Crippen LogP contribution >= 0.6 is 0 Å². The molecule has 2 aliphatic heterocycles. The lowest BCUT2D eigenvalue weighted by Gasteiger charge is -2.27. The van der Waals surface area contributed by atoms with Crippen molar-refractivity contribution in [3.63, 3.8) is 0 Å². The molecule has 2 fully saturated rings. The third-order valence-corrected chi connectivity index (χ3v) is 5.83. The Balaban J connectivity index is 1.35. The predicted molar refractivity (Wildman–Crippen MR) is 106 cm³/mol. The van der Waals surface area contributed by atoms with Crippen LogP contribution in [-0.4, -0.2) is 36.5 Å². The van der Waals surface area contributed by atoms with Gasteiger partial charge in [0.05, 0.1) is 18.8 Å².